The van der Waals surface area contributed by atoms with E-state index in [9.17, 15) is 5.11 Å². The van der Waals surface area contributed by atoms with E-state index in [0.29, 0.717) is 5.02 Å². The number of rotatable bonds is 4. The molecule has 1 atom stereocenters. The Bertz CT molecular complexity index is 476. The zero-order valence-corrected chi connectivity index (χ0v) is 14.6. The molecule has 0 bridgehead atoms. The van der Waals surface area contributed by atoms with Gasteiger partial charge in [0, 0.05) is 6.04 Å². The third-order valence-electron chi connectivity index (χ3n) is 5.07. The normalized spacial score (nSPS) is 28.3. The highest BCUT2D eigenvalue weighted by molar-refractivity contribution is 6.31. The molecule has 1 aromatic rings. The largest absolute Gasteiger partial charge is 0.385 e. The number of nitrogens with zero attached hydrogens (tertiary/aromatic N) is 3. The van der Waals surface area contributed by atoms with Crippen LogP contribution in [0.15, 0.2) is 6.20 Å². The number of likely N-dealkylation sites (N-methyl/N-ethyl adjacent to an activating group) is 1. The van der Waals surface area contributed by atoms with Crippen LogP contribution in [0.3, 0.4) is 0 Å². The van der Waals surface area contributed by atoms with Crippen molar-refractivity contribution in [2.75, 3.05) is 14.1 Å². The van der Waals surface area contributed by atoms with E-state index in [-0.39, 0.29) is 11.6 Å². The molecular weight excluding hydrogens is 286 g/mol. The van der Waals surface area contributed by atoms with E-state index in [1.165, 1.54) is 0 Å². The van der Waals surface area contributed by atoms with Crippen LogP contribution in [0.4, 0.5) is 0 Å². The van der Waals surface area contributed by atoms with Crippen LogP contribution in [0.5, 0.6) is 0 Å². The summed E-state index contributed by atoms with van der Waals surface area (Å²) in [7, 11) is 4.12. The van der Waals surface area contributed by atoms with E-state index in [2.05, 4.69) is 44.9 Å². The van der Waals surface area contributed by atoms with Gasteiger partial charge in [-0.3, -0.25) is 4.68 Å². The van der Waals surface area contributed by atoms with Crippen LogP contribution < -0.4 is 0 Å². The quantitative estimate of drug-likeness (QED) is 0.922. The van der Waals surface area contributed by atoms with Crippen molar-refractivity contribution >= 4 is 11.6 Å². The van der Waals surface area contributed by atoms with Crippen LogP contribution in [0.2, 0.25) is 5.02 Å². The van der Waals surface area contributed by atoms with Crippen molar-refractivity contribution in [1.82, 2.24) is 14.7 Å². The molecule has 0 spiro atoms. The van der Waals surface area contributed by atoms with E-state index < -0.39 is 6.10 Å². The lowest BCUT2D eigenvalue weighted by Crippen LogP contribution is -2.52. The molecule has 120 valence electrons. The minimum Gasteiger partial charge on any atom is -0.385 e. The van der Waals surface area contributed by atoms with E-state index in [1.54, 1.807) is 6.20 Å². The molecule has 2 rings (SSSR count). The second-order valence-corrected chi connectivity index (χ2v) is 7.41. The van der Waals surface area contributed by atoms with Crippen molar-refractivity contribution in [1.29, 1.82) is 0 Å². The van der Waals surface area contributed by atoms with E-state index in [1.807, 2.05) is 4.68 Å². The van der Waals surface area contributed by atoms with Gasteiger partial charge in [-0.2, -0.15) is 5.10 Å². The Kier molecular flexibility index (Phi) is 5.01. The highest BCUT2D eigenvalue weighted by Crippen LogP contribution is 2.45. The Morgan fingerprint density at radius 2 is 1.95 bits per heavy atom. The van der Waals surface area contributed by atoms with Crippen LogP contribution >= 0.6 is 11.6 Å². The standard InChI is InChI=1S/C16H28ClN3O/c1-11(2)20-14(13(17)10-18-20)15(21)16(19(4)5)8-6-12(3)7-9-16/h10-12,15,21H,6-9H2,1-5H3. The monoisotopic (exact) mass is 313 g/mol. The van der Waals surface area contributed by atoms with Crippen molar-refractivity contribution < 1.29 is 5.11 Å². The molecule has 1 aliphatic rings. The number of aliphatic hydroxyl groups excluding tert-OH is 1. The van der Waals surface area contributed by atoms with Gasteiger partial charge in [-0.15, -0.1) is 0 Å². The summed E-state index contributed by atoms with van der Waals surface area (Å²) in [6.07, 6.45) is 5.29. The highest BCUT2D eigenvalue weighted by Gasteiger charge is 2.45. The van der Waals surface area contributed by atoms with Crippen molar-refractivity contribution in [3.05, 3.63) is 16.9 Å². The second-order valence-electron chi connectivity index (χ2n) is 7.00. The molecule has 0 aromatic carbocycles. The van der Waals surface area contributed by atoms with Gasteiger partial charge in [-0.1, -0.05) is 18.5 Å². The Morgan fingerprint density at radius 3 is 2.43 bits per heavy atom. The van der Waals surface area contributed by atoms with E-state index in [4.69, 9.17) is 11.6 Å². The van der Waals surface area contributed by atoms with Gasteiger partial charge in [0.1, 0.15) is 6.10 Å². The lowest BCUT2D eigenvalue weighted by molar-refractivity contribution is -0.0452. The fraction of sp³-hybridized carbons (Fsp3) is 0.812. The van der Waals surface area contributed by atoms with Crippen LogP contribution in [0, 0.1) is 5.92 Å². The van der Waals surface area contributed by atoms with E-state index in [0.717, 1.165) is 37.3 Å². The summed E-state index contributed by atoms with van der Waals surface area (Å²) < 4.78 is 1.86. The molecule has 1 saturated carbocycles. The number of hydrogen-bond acceptors (Lipinski definition) is 3. The average molecular weight is 314 g/mol. The summed E-state index contributed by atoms with van der Waals surface area (Å²) in [6.45, 7) is 6.41. The van der Waals surface area contributed by atoms with Crippen LogP contribution in [-0.2, 0) is 0 Å². The molecule has 0 amide bonds. The second kappa shape index (κ2) is 6.27. The summed E-state index contributed by atoms with van der Waals surface area (Å²) >= 11 is 6.34. The molecule has 1 aromatic heterocycles. The smallest absolute Gasteiger partial charge is 0.115 e. The minimum absolute atomic E-state index is 0.184. The van der Waals surface area contributed by atoms with Crippen molar-refractivity contribution in [2.45, 2.75) is 64.1 Å². The summed E-state index contributed by atoms with van der Waals surface area (Å²) in [5.74, 6) is 0.732. The Hall–Kier alpha value is -0.580. The van der Waals surface area contributed by atoms with Gasteiger partial charge in [0.15, 0.2) is 0 Å². The summed E-state index contributed by atoms with van der Waals surface area (Å²) in [5.41, 5.74) is 0.512. The SMILES string of the molecule is CC1CCC(C(O)c2c(Cl)cnn2C(C)C)(N(C)C)CC1. The van der Waals surface area contributed by atoms with Crippen molar-refractivity contribution in [2.24, 2.45) is 5.92 Å². The maximum Gasteiger partial charge on any atom is 0.115 e. The van der Waals surface area contributed by atoms with E-state index >= 15 is 0 Å². The lowest BCUT2D eigenvalue weighted by atomic mass is 9.72. The Labute approximate surface area is 133 Å². The van der Waals surface area contributed by atoms with Gasteiger partial charge in [0.2, 0.25) is 0 Å². The van der Waals surface area contributed by atoms with Crippen molar-refractivity contribution in [3.8, 4) is 0 Å². The molecular formula is C16H28ClN3O. The number of aromatic nitrogens is 2. The van der Waals surface area contributed by atoms with Gasteiger partial charge < -0.3 is 10.0 Å². The maximum absolute atomic E-state index is 11.2. The van der Waals surface area contributed by atoms with Crippen LogP contribution in [-0.4, -0.2) is 39.4 Å². The first-order valence-electron chi connectivity index (χ1n) is 7.88. The van der Waals surface area contributed by atoms with Gasteiger partial charge in [-0.25, -0.2) is 0 Å². The predicted molar refractivity (Wildman–Crippen MR) is 86.6 cm³/mol. The average Bonchev–Trinajstić information content (AvgIpc) is 2.80. The fourth-order valence-electron chi connectivity index (χ4n) is 3.50. The van der Waals surface area contributed by atoms with Gasteiger partial charge in [0.25, 0.3) is 0 Å². The third kappa shape index (κ3) is 2.99. The number of halogens is 1. The predicted octanol–water partition coefficient (Wildman–Crippen LogP) is 3.66. The molecule has 0 aliphatic heterocycles. The zero-order valence-electron chi connectivity index (χ0n) is 13.8. The Balaban J connectivity index is 2.40. The third-order valence-corrected chi connectivity index (χ3v) is 5.37. The first-order valence-corrected chi connectivity index (χ1v) is 8.25. The van der Waals surface area contributed by atoms with Crippen LogP contribution in [0.25, 0.3) is 0 Å². The van der Waals surface area contributed by atoms with Crippen molar-refractivity contribution in [3.63, 3.8) is 0 Å². The molecule has 1 fully saturated rings. The molecule has 1 unspecified atom stereocenters. The minimum atomic E-state index is -0.614. The summed E-state index contributed by atoms with van der Waals surface area (Å²) in [6, 6.07) is 0.184. The molecule has 4 nitrogen and oxygen atoms in total. The number of hydrogen-bond donors (Lipinski definition) is 1. The molecule has 1 aliphatic carbocycles. The summed E-state index contributed by atoms with van der Waals surface area (Å²) in [5, 5.41) is 16.1. The molecule has 21 heavy (non-hydrogen) atoms. The zero-order chi connectivity index (χ0) is 15.8. The summed E-state index contributed by atoms with van der Waals surface area (Å²) in [4.78, 5) is 2.18. The molecule has 5 heteroatoms. The first kappa shape index (κ1) is 16.8. The van der Waals surface area contributed by atoms with Gasteiger partial charge >= 0.3 is 0 Å². The molecule has 0 radical (unpaired) electrons. The molecule has 1 N–H and O–H groups in total. The Morgan fingerprint density at radius 1 is 1.38 bits per heavy atom. The van der Waals surface area contributed by atoms with Gasteiger partial charge in [0.05, 0.1) is 22.5 Å². The van der Waals surface area contributed by atoms with Gasteiger partial charge in [-0.05, 0) is 59.5 Å². The fourth-order valence-corrected chi connectivity index (χ4v) is 3.73. The maximum atomic E-state index is 11.2. The number of aliphatic hydroxyl groups is 1. The molecule has 1 heterocycles. The molecule has 0 saturated heterocycles. The lowest BCUT2D eigenvalue weighted by Gasteiger charge is -2.47. The van der Waals surface area contributed by atoms with Crippen LogP contribution in [0.1, 0.15) is 64.3 Å². The first-order chi connectivity index (χ1) is 9.79. The topological polar surface area (TPSA) is 41.3 Å². The highest BCUT2D eigenvalue weighted by atomic mass is 35.5.